The van der Waals surface area contributed by atoms with E-state index in [1.165, 1.54) is 5.39 Å². The molecule has 20 heavy (non-hydrogen) atoms. The summed E-state index contributed by atoms with van der Waals surface area (Å²) in [4.78, 5) is 14.6. The van der Waals surface area contributed by atoms with Crippen LogP contribution in [0.15, 0.2) is 42.5 Å². The number of rotatable bonds is 3. The fourth-order valence-corrected chi connectivity index (χ4v) is 2.97. The molecule has 1 aliphatic rings. The SMILES string of the molecule is CCN(C(=O)[C@@H]1CCCN1)c1cccc2ccccc12. The first kappa shape index (κ1) is 13.1. The van der Waals surface area contributed by atoms with Gasteiger partial charge in [0.25, 0.3) is 0 Å². The smallest absolute Gasteiger partial charge is 0.244 e. The minimum atomic E-state index is -0.0195. The summed E-state index contributed by atoms with van der Waals surface area (Å²) < 4.78 is 0. The van der Waals surface area contributed by atoms with Gasteiger partial charge < -0.3 is 10.2 Å². The Morgan fingerprint density at radius 3 is 2.80 bits per heavy atom. The van der Waals surface area contributed by atoms with Gasteiger partial charge in [-0.15, -0.1) is 0 Å². The third-order valence-electron chi connectivity index (χ3n) is 4.00. The van der Waals surface area contributed by atoms with E-state index in [0.717, 1.165) is 30.5 Å². The average Bonchev–Trinajstić information content (AvgIpc) is 3.02. The van der Waals surface area contributed by atoms with Gasteiger partial charge in [-0.05, 0) is 37.8 Å². The van der Waals surface area contributed by atoms with E-state index in [1.54, 1.807) is 0 Å². The fourth-order valence-electron chi connectivity index (χ4n) is 2.97. The van der Waals surface area contributed by atoms with Crippen LogP contribution in [-0.4, -0.2) is 25.0 Å². The lowest BCUT2D eigenvalue weighted by atomic mass is 10.1. The van der Waals surface area contributed by atoms with E-state index in [-0.39, 0.29) is 11.9 Å². The molecule has 1 atom stereocenters. The summed E-state index contributed by atoms with van der Waals surface area (Å²) in [5, 5.41) is 5.62. The molecule has 0 unspecified atom stereocenters. The molecule has 2 aromatic carbocycles. The molecule has 0 saturated carbocycles. The van der Waals surface area contributed by atoms with Gasteiger partial charge in [-0.1, -0.05) is 36.4 Å². The predicted octanol–water partition coefficient (Wildman–Crippen LogP) is 2.94. The molecule has 104 valence electrons. The first-order valence-electron chi connectivity index (χ1n) is 7.34. The van der Waals surface area contributed by atoms with Crippen molar-refractivity contribution in [3.63, 3.8) is 0 Å². The van der Waals surface area contributed by atoms with E-state index < -0.39 is 0 Å². The van der Waals surface area contributed by atoms with Crippen LogP contribution in [0.4, 0.5) is 5.69 Å². The van der Waals surface area contributed by atoms with Crippen molar-refractivity contribution < 1.29 is 4.79 Å². The first-order chi connectivity index (χ1) is 9.81. The minimum absolute atomic E-state index is 0.0195. The van der Waals surface area contributed by atoms with Crippen molar-refractivity contribution in [2.45, 2.75) is 25.8 Å². The van der Waals surface area contributed by atoms with Crippen molar-refractivity contribution in [3.8, 4) is 0 Å². The van der Waals surface area contributed by atoms with Crippen LogP contribution in [-0.2, 0) is 4.79 Å². The number of carbonyl (C=O) groups is 1. The topological polar surface area (TPSA) is 32.3 Å². The zero-order chi connectivity index (χ0) is 13.9. The van der Waals surface area contributed by atoms with Crippen molar-refractivity contribution in [2.24, 2.45) is 0 Å². The second-order valence-corrected chi connectivity index (χ2v) is 5.23. The molecule has 1 fully saturated rings. The molecule has 0 bridgehead atoms. The molecule has 1 N–H and O–H groups in total. The molecule has 3 nitrogen and oxygen atoms in total. The second kappa shape index (κ2) is 5.63. The monoisotopic (exact) mass is 268 g/mol. The van der Waals surface area contributed by atoms with Gasteiger partial charge in [-0.25, -0.2) is 0 Å². The zero-order valence-electron chi connectivity index (χ0n) is 11.8. The third-order valence-corrected chi connectivity index (χ3v) is 4.00. The number of hydrogen-bond acceptors (Lipinski definition) is 2. The Balaban J connectivity index is 2.00. The molecule has 1 aliphatic heterocycles. The average molecular weight is 268 g/mol. The van der Waals surface area contributed by atoms with E-state index in [2.05, 4.69) is 23.5 Å². The maximum absolute atomic E-state index is 12.7. The molecular formula is C17H20N2O. The fraction of sp³-hybridized carbons (Fsp3) is 0.353. The molecule has 3 rings (SSSR count). The molecule has 1 heterocycles. The van der Waals surface area contributed by atoms with Gasteiger partial charge >= 0.3 is 0 Å². The van der Waals surface area contributed by atoms with Crippen LogP contribution in [0.25, 0.3) is 10.8 Å². The molecule has 0 spiro atoms. The number of carbonyl (C=O) groups excluding carboxylic acids is 1. The van der Waals surface area contributed by atoms with Gasteiger partial charge in [-0.3, -0.25) is 4.79 Å². The number of likely N-dealkylation sites (N-methyl/N-ethyl adjacent to an activating group) is 1. The lowest BCUT2D eigenvalue weighted by Gasteiger charge is -2.25. The quantitative estimate of drug-likeness (QED) is 0.928. The van der Waals surface area contributed by atoms with Crippen LogP contribution in [0.3, 0.4) is 0 Å². The molecular weight excluding hydrogens is 248 g/mol. The molecule has 0 radical (unpaired) electrons. The number of anilines is 1. The summed E-state index contributed by atoms with van der Waals surface area (Å²) in [6, 6.07) is 14.4. The van der Waals surface area contributed by atoms with Gasteiger partial charge in [0.05, 0.1) is 11.7 Å². The van der Waals surface area contributed by atoms with Crippen molar-refractivity contribution >= 4 is 22.4 Å². The summed E-state index contributed by atoms with van der Waals surface area (Å²) in [6.07, 6.45) is 2.03. The summed E-state index contributed by atoms with van der Waals surface area (Å²) in [7, 11) is 0. The normalized spacial score (nSPS) is 18.4. The van der Waals surface area contributed by atoms with E-state index in [4.69, 9.17) is 0 Å². The lowest BCUT2D eigenvalue weighted by molar-refractivity contribution is -0.120. The van der Waals surface area contributed by atoms with Gasteiger partial charge in [0.15, 0.2) is 0 Å². The Hall–Kier alpha value is -1.87. The van der Waals surface area contributed by atoms with Crippen LogP contribution >= 0.6 is 0 Å². The van der Waals surface area contributed by atoms with Gasteiger partial charge in [0.1, 0.15) is 0 Å². The highest BCUT2D eigenvalue weighted by molar-refractivity contribution is 6.05. The van der Waals surface area contributed by atoms with Crippen LogP contribution in [0.1, 0.15) is 19.8 Å². The molecule has 2 aromatic rings. The minimum Gasteiger partial charge on any atom is -0.311 e. The summed E-state index contributed by atoms with van der Waals surface area (Å²) >= 11 is 0. The van der Waals surface area contributed by atoms with Crippen LogP contribution in [0.5, 0.6) is 0 Å². The highest BCUT2D eigenvalue weighted by Crippen LogP contribution is 2.27. The van der Waals surface area contributed by atoms with E-state index in [1.807, 2.05) is 36.1 Å². The number of hydrogen-bond donors (Lipinski definition) is 1. The first-order valence-corrected chi connectivity index (χ1v) is 7.34. The van der Waals surface area contributed by atoms with Crippen LogP contribution in [0, 0.1) is 0 Å². The molecule has 3 heteroatoms. The van der Waals surface area contributed by atoms with Gasteiger partial charge in [0.2, 0.25) is 5.91 Å². The lowest BCUT2D eigenvalue weighted by Crippen LogP contribution is -2.43. The van der Waals surface area contributed by atoms with Crippen molar-refractivity contribution in [2.75, 3.05) is 18.0 Å². The number of nitrogens with one attached hydrogen (secondary N) is 1. The number of nitrogens with zero attached hydrogens (tertiary/aromatic N) is 1. The Kier molecular flexibility index (Phi) is 3.70. The van der Waals surface area contributed by atoms with E-state index in [0.29, 0.717) is 6.54 Å². The molecule has 1 saturated heterocycles. The summed E-state index contributed by atoms with van der Waals surface area (Å²) in [5.74, 6) is 0.196. The molecule has 0 aromatic heterocycles. The Bertz CT molecular complexity index is 612. The highest BCUT2D eigenvalue weighted by atomic mass is 16.2. The van der Waals surface area contributed by atoms with Crippen molar-refractivity contribution in [3.05, 3.63) is 42.5 Å². The maximum Gasteiger partial charge on any atom is 0.244 e. The highest BCUT2D eigenvalue weighted by Gasteiger charge is 2.27. The molecule has 1 amide bonds. The second-order valence-electron chi connectivity index (χ2n) is 5.23. The van der Waals surface area contributed by atoms with Crippen molar-refractivity contribution in [1.82, 2.24) is 5.32 Å². The summed E-state index contributed by atoms with van der Waals surface area (Å²) in [6.45, 7) is 3.68. The Morgan fingerprint density at radius 1 is 1.25 bits per heavy atom. The van der Waals surface area contributed by atoms with Crippen LogP contribution in [0.2, 0.25) is 0 Å². The van der Waals surface area contributed by atoms with Gasteiger partial charge in [-0.2, -0.15) is 0 Å². The standard InChI is InChI=1S/C17H20N2O/c1-2-19(17(20)15-10-6-12-18-15)16-11-5-8-13-7-3-4-9-14(13)16/h3-5,7-9,11,15,18H,2,6,10,12H2,1H3/t15-/m0/s1. The number of amides is 1. The Morgan fingerprint density at radius 2 is 2.05 bits per heavy atom. The molecule has 0 aliphatic carbocycles. The zero-order valence-corrected chi connectivity index (χ0v) is 11.8. The van der Waals surface area contributed by atoms with E-state index >= 15 is 0 Å². The van der Waals surface area contributed by atoms with E-state index in [9.17, 15) is 4.79 Å². The predicted molar refractivity (Wildman–Crippen MR) is 83.0 cm³/mol. The summed E-state index contributed by atoms with van der Waals surface area (Å²) in [5.41, 5.74) is 1.02. The van der Waals surface area contributed by atoms with Crippen LogP contribution < -0.4 is 10.2 Å². The van der Waals surface area contributed by atoms with Gasteiger partial charge in [0, 0.05) is 11.9 Å². The number of benzene rings is 2. The largest absolute Gasteiger partial charge is 0.311 e. The van der Waals surface area contributed by atoms with Crippen molar-refractivity contribution in [1.29, 1.82) is 0 Å². The maximum atomic E-state index is 12.7. The Labute approximate surface area is 119 Å². The third kappa shape index (κ3) is 2.29. The number of fused-ring (bicyclic) bond motifs is 1.